The van der Waals surface area contributed by atoms with E-state index in [1.807, 2.05) is 101 Å². The number of anilines is 1. The van der Waals surface area contributed by atoms with Gasteiger partial charge in [-0.25, -0.2) is 20.1 Å². The molecule has 2 atom stereocenters. The average molecular weight is 781 g/mol. The van der Waals surface area contributed by atoms with Crippen LogP contribution in [-0.4, -0.2) is 89.6 Å². The lowest BCUT2D eigenvalue weighted by Crippen LogP contribution is -2.47. The Hall–Kier alpha value is -5.58. The topological polar surface area (TPSA) is 187 Å². The molecular weight excluding hydrogens is 731 g/mol. The Balaban J connectivity index is 1.43. The van der Waals surface area contributed by atoms with Gasteiger partial charge in [-0.3, -0.25) is 19.1 Å². The van der Waals surface area contributed by atoms with Crippen LogP contribution in [0.5, 0.6) is 5.75 Å². The van der Waals surface area contributed by atoms with Gasteiger partial charge in [0.2, 0.25) is 7.44 Å². The predicted octanol–water partition coefficient (Wildman–Crippen LogP) is 5.24. The quantitative estimate of drug-likeness (QED) is 0.0500. The zero-order valence-electron chi connectivity index (χ0n) is 32.0. The summed E-state index contributed by atoms with van der Waals surface area (Å²) in [5.41, 5.74) is 10.4. The molecule has 3 aromatic carbocycles. The summed E-state index contributed by atoms with van der Waals surface area (Å²) in [5, 5.41) is 16.8. The minimum Gasteiger partial charge on any atom is -0.497 e. The number of carbonyl (C=O) groups is 2. The molecule has 0 saturated heterocycles. The summed E-state index contributed by atoms with van der Waals surface area (Å²) in [6.45, 7) is 4.66. The van der Waals surface area contributed by atoms with E-state index in [4.69, 9.17) is 19.9 Å². The lowest BCUT2D eigenvalue weighted by atomic mass is 10.1. The molecule has 0 radical (unpaired) electrons. The van der Waals surface area contributed by atoms with E-state index in [-0.39, 0.29) is 45.3 Å². The molecule has 0 amide bonds. The first kappa shape index (κ1) is 41.6. The van der Waals surface area contributed by atoms with Crippen LogP contribution in [0.1, 0.15) is 25.0 Å². The van der Waals surface area contributed by atoms with Gasteiger partial charge in [0.25, 0.3) is 0 Å². The van der Waals surface area contributed by atoms with Crippen LogP contribution in [0.2, 0.25) is 0 Å². The maximum atomic E-state index is 15.2. The predicted molar refractivity (Wildman–Crippen MR) is 216 cm³/mol. The van der Waals surface area contributed by atoms with E-state index in [9.17, 15) is 14.9 Å². The molecule has 0 aliphatic carbocycles. The maximum absolute atomic E-state index is 15.2. The zero-order chi connectivity index (χ0) is 39.9. The van der Waals surface area contributed by atoms with Gasteiger partial charge in [0, 0.05) is 37.6 Å². The highest BCUT2D eigenvalue weighted by Crippen LogP contribution is 2.39. The van der Waals surface area contributed by atoms with Crippen molar-refractivity contribution in [1.29, 1.82) is 5.26 Å². The lowest BCUT2D eigenvalue weighted by molar-refractivity contribution is -0.145. The van der Waals surface area contributed by atoms with Gasteiger partial charge < -0.3 is 24.5 Å². The number of hydrogen-bond acceptors (Lipinski definition) is 11. The molecule has 14 nitrogen and oxygen atoms in total. The Labute approximate surface area is 327 Å². The summed E-state index contributed by atoms with van der Waals surface area (Å²) in [4.78, 5) is 37.4. The van der Waals surface area contributed by atoms with Crippen LogP contribution in [0.4, 0.5) is 5.82 Å². The van der Waals surface area contributed by atoms with Crippen LogP contribution in [0.3, 0.4) is 0 Å². The van der Waals surface area contributed by atoms with Gasteiger partial charge in [-0.15, -0.1) is 0 Å². The Morgan fingerprint density at radius 3 is 1.96 bits per heavy atom. The third-order valence-corrected chi connectivity index (χ3v) is 11.5. The third kappa shape index (κ3) is 11.2. The second-order valence-electron chi connectivity index (χ2n) is 13.1. The smallest absolute Gasteiger partial charge is 0.323 e. The molecule has 2 aromatic heterocycles. The highest BCUT2D eigenvalue weighted by molar-refractivity contribution is 7.60. The molecule has 15 heteroatoms. The number of nitrogens with zero attached hydrogens (tertiary/aromatic N) is 5. The molecule has 0 aliphatic heterocycles. The van der Waals surface area contributed by atoms with Crippen molar-refractivity contribution in [3.63, 3.8) is 0 Å². The lowest BCUT2D eigenvalue weighted by Gasteiger charge is -2.31. The monoisotopic (exact) mass is 780 g/mol. The molecule has 0 aliphatic rings. The minimum absolute atomic E-state index is 0.0261. The molecule has 2 heterocycles. The van der Waals surface area contributed by atoms with Gasteiger partial charge in [0.1, 0.15) is 35.6 Å². The van der Waals surface area contributed by atoms with Crippen molar-refractivity contribution >= 4 is 36.2 Å². The van der Waals surface area contributed by atoms with Crippen LogP contribution in [-0.2, 0) is 43.0 Å². The van der Waals surface area contributed by atoms with E-state index in [0.717, 1.165) is 28.0 Å². The normalized spacial score (nSPS) is 12.6. The van der Waals surface area contributed by atoms with Crippen molar-refractivity contribution in [2.45, 2.75) is 45.3 Å². The van der Waals surface area contributed by atoms with Crippen molar-refractivity contribution in [2.24, 2.45) is 0 Å². The van der Waals surface area contributed by atoms with Gasteiger partial charge in [-0.1, -0.05) is 72.8 Å². The second kappa shape index (κ2) is 20.4. The fourth-order valence-corrected chi connectivity index (χ4v) is 8.72. The maximum Gasteiger partial charge on any atom is 0.323 e. The number of methoxy groups -OCH3 is 1. The molecule has 56 heavy (non-hydrogen) atoms. The van der Waals surface area contributed by atoms with Crippen LogP contribution >= 0.6 is 7.44 Å². The number of esters is 2. The van der Waals surface area contributed by atoms with Crippen molar-refractivity contribution in [2.75, 3.05) is 51.9 Å². The van der Waals surface area contributed by atoms with Gasteiger partial charge in [0.05, 0.1) is 38.3 Å². The summed E-state index contributed by atoms with van der Waals surface area (Å²) >= 11 is 0. The Kier molecular flexibility index (Phi) is 15.1. The molecule has 0 bridgehead atoms. The largest absolute Gasteiger partial charge is 0.497 e. The molecule has 294 valence electrons. The molecule has 4 N–H and O–H groups in total. The fraction of sp³-hybridized carbons (Fsp3) is 0.341. The Morgan fingerprint density at radius 2 is 1.45 bits per heavy atom. The molecule has 5 aromatic rings. The highest BCUT2D eigenvalue weighted by Gasteiger charge is 2.35. The Bertz CT molecular complexity index is 2060. The number of nitrogens with one attached hydrogen (secondary N) is 2. The highest BCUT2D eigenvalue weighted by atomic mass is 31.2. The first-order chi connectivity index (χ1) is 27.2. The Morgan fingerprint density at radius 1 is 0.875 bits per heavy atom. The summed E-state index contributed by atoms with van der Waals surface area (Å²) in [6.07, 6.45) is 3.72. The summed E-state index contributed by atoms with van der Waals surface area (Å²) in [5.74, 6) is -0.0879. The fourth-order valence-electron chi connectivity index (χ4n) is 6.43. The molecule has 0 fully saturated rings. The number of fused-ring (bicyclic) bond motifs is 1. The van der Waals surface area contributed by atoms with Crippen LogP contribution in [0, 0.1) is 11.3 Å². The first-order valence-corrected chi connectivity index (χ1v) is 20.4. The van der Waals surface area contributed by atoms with Crippen molar-refractivity contribution in [3.05, 3.63) is 109 Å². The number of benzene rings is 3. The minimum atomic E-state index is -3.83. The van der Waals surface area contributed by atoms with E-state index in [2.05, 4.69) is 26.2 Å². The molecule has 5 rings (SSSR count). The number of aromatic nitrogens is 3. The number of hydrogen-bond donors (Lipinski definition) is 3. The molecule has 0 saturated carbocycles. The number of ether oxygens (including phenoxy) is 3. The average Bonchev–Trinajstić information content (AvgIpc) is 3.59. The number of nitrogens with two attached hydrogens (primary N) is 1. The molecule has 0 spiro atoms. The number of carbonyl (C=O) groups excluding carboxylic acids is 2. The van der Waals surface area contributed by atoms with E-state index in [1.165, 1.54) is 6.33 Å². The van der Waals surface area contributed by atoms with Crippen LogP contribution in [0.15, 0.2) is 97.5 Å². The molecule has 0 unspecified atom stereocenters. The van der Waals surface area contributed by atoms with Crippen LogP contribution in [0.25, 0.3) is 22.2 Å². The van der Waals surface area contributed by atoms with E-state index in [0.29, 0.717) is 29.9 Å². The summed E-state index contributed by atoms with van der Waals surface area (Å²) in [7, 11) is -2.22. The SMILES string of the molecule is CCOC(=O)[C@H](Cc1ccccc1)NP(=O)(CCN(CC#N)CCn1cc(-c2ccc(OC)cc2)c2c(N)ncnc21)N[C@@H](Cc1ccccc1)C(=O)OCC. The number of nitriles is 1. The molecular formula is C41H49N8O6P. The second-order valence-corrected chi connectivity index (χ2v) is 15.5. The summed E-state index contributed by atoms with van der Waals surface area (Å²) in [6, 6.07) is 26.5. The van der Waals surface area contributed by atoms with E-state index >= 15 is 4.57 Å². The van der Waals surface area contributed by atoms with E-state index < -0.39 is 31.5 Å². The van der Waals surface area contributed by atoms with Crippen molar-refractivity contribution < 1.29 is 28.4 Å². The number of rotatable bonds is 21. The van der Waals surface area contributed by atoms with E-state index in [1.54, 1.807) is 21.0 Å². The van der Waals surface area contributed by atoms with Gasteiger partial charge in [-0.05, 0) is 55.5 Å². The van der Waals surface area contributed by atoms with Crippen molar-refractivity contribution in [3.8, 4) is 22.9 Å². The summed E-state index contributed by atoms with van der Waals surface area (Å²) < 4.78 is 33.4. The van der Waals surface area contributed by atoms with Crippen LogP contribution < -0.4 is 20.6 Å². The van der Waals surface area contributed by atoms with Gasteiger partial charge in [0.15, 0.2) is 0 Å². The third-order valence-electron chi connectivity index (χ3n) is 9.20. The zero-order valence-corrected chi connectivity index (χ0v) is 32.9. The number of nitrogen functional groups attached to an aromatic ring is 1. The standard InChI is InChI=1S/C41H49N8O6P/c1-4-54-40(50)35(26-30-12-8-6-9-13-30)46-56(52,47-36(41(51)55-5-2)27-31-14-10-7-11-15-31)25-24-48(21-20-42)22-23-49-28-34(32-16-18-33(53-3)19-17-32)37-38(43)44-29-45-39(37)49/h6-19,28-29,35-36H,4-5,21-27H2,1-3H3,(H2,43,44,45)(H2,46,47,52)/t35-,36-/m0/s1. The van der Waals surface area contributed by atoms with Gasteiger partial charge in [-0.2, -0.15) is 5.26 Å². The first-order valence-electron chi connectivity index (χ1n) is 18.6. The van der Waals surface area contributed by atoms with Crippen molar-refractivity contribution in [1.82, 2.24) is 29.6 Å². The van der Waals surface area contributed by atoms with Gasteiger partial charge >= 0.3 is 11.9 Å².